The largest absolute Gasteiger partial charge is 0.472 e. The van der Waals surface area contributed by atoms with Crippen molar-refractivity contribution < 1.29 is 32.9 Å². The molecule has 0 rings (SSSR count). The Morgan fingerprint density at radius 2 is 0.706 bits per heavy atom. The summed E-state index contributed by atoms with van der Waals surface area (Å²) >= 11 is 0. The van der Waals surface area contributed by atoms with Gasteiger partial charge >= 0.3 is 7.82 Å². The monoisotopic (exact) mass is 1200 g/mol. The van der Waals surface area contributed by atoms with Gasteiger partial charge in [0.15, 0.2) is 0 Å². The average Bonchev–Trinajstić information content (AvgIpc) is 3.49. The zero-order valence-corrected chi connectivity index (χ0v) is 57.0. The number of phosphoric acid groups is 1. The number of amides is 1. The van der Waals surface area contributed by atoms with Crippen molar-refractivity contribution in [2.24, 2.45) is 0 Å². The van der Waals surface area contributed by atoms with Gasteiger partial charge in [-0.2, -0.15) is 0 Å². The molecule has 490 valence electrons. The van der Waals surface area contributed by atoms with E-state index in [2.05, 4.69) is 141 Å². The molecule has 1 amide bonds. The summed E-state index contributed by atoms with van der Waals surface area (Å²) in [7, 11) is 1.58. The van der Waals surface area contributed by atoms with Gasteiger partial charge in [-0.15, -0.1) is 0 Å². The highest BCUT2D eigenvalue weighted by atomic mass is 31.2. The highest BCUT2D eigenvalue weighted by Gasteiger charge is 2.28. The van der Waals surface area contributed by atoms with Crippen LogP contribution in [-0.4, -0.2) is 73.4 Å². The number of hydrogen-bond donors (Lipinski definition) is 3. The summed E-state index contributed by atoms with van der Waals surface area (Å²) < 4.78 is 23.9. The van der Waals surface area contributed by atoms with Crippen molar-refractivity contribution in [3.05, 3.63) is 122 Å². The van der Waals surface area contributed by atoms with Gasteiger partial charge in [-0.3, -0.25) is 13.8 Å². The predicted molar refractivity (Wildman–Crippen MR) is 373 cm³/mol. The molecule has 0 fully saturated rings. The molecule has 3 atom stereocenters. The Kier molecular flexibility index (Phi) is 63.0. The quantitative estimate of drug-likeness (QED) is 0.0243. The van der Waals surface area contributed by atoms with Gasteiger partial charge in [-0.05, 0) is 89.9 Å². The molecule has 0 aromatic heterocycles. The van der Waals surface area contributed by atoms with Gasteiger partial charge < -0.3 is 19.8 Å². The standard InChI is InChI=1S/C76H135N2O6P/c1-6-8-10-12-14-16-18-20-22-24-26-28-30-32-34-36-38-39-40-42-44-46-48-50-52-54-56-58-60-62-64-66-68-70-76(80)77-74(73-84-85(81,82)83-72-71-78(3,4)5)75(79)69-67-65-63-61-59-57-55-53-51-49-47-45-43-41-37-35-33-31-29-27-25-23-21-19-17-15-13-11-9-7-2/h8,10,14,16,20,22,26,28,32,34,38-39,42,44,48,50,54,56,60,62,74-75,79H,6-7,9,11-13,15,17-19,21,23-25,27,29-31,33,35-37,40-41,43,45-47,49,51-53,55,57-59,61,63-73H2,1-5H3,(H-,77,80,81,82)/p+1/b10-8-,16-14-,22-20-,28-26-,34-32-,39-38-,44-42-,50-48-,56-54-,62-60-. The molecule has 0 aromatic rings. The Bertz CT molecular complexity index is 1800. The number of aliphatic hydroxyl groups excluding tert-OH is 1. The second-order valence-electron chi connectivity index (χ2n) is 24.9. The van der Waals surface area contributed by atoms with Crippen molar-refractivity contribution in [2.75, 3.05) is 40.9 Å². The number of hydrogen-bond acceptors (Lipinski definition) is 5. The van der Waals surface area contributed by atoms with Crippen molar-refractivity contribution in [1.82, 2.24) is 5.32 Å². The second-order valence-corrected chi connectivity index (χ2v) is 26.3. The maximum atomic E-state index is 13.1. The fraction of sp³-hybridized carbons (Fsp3) is 0.724. The molecule has 0 aliphatic rings. The molecule has 3 N–H and O–H groups in total. The van der Waals surface area contributed by atoms with Crippen LogP contribution in [-0.2, 0) is 18.4 Å². The highest BCUT2D eigenvalue weighted by molar-refractivity contribution is 7.47. The first-order chi connectivity index (χ1) is 41.5. The number of likely N-dealkylation sites (N-methyl/N-ethyl adjacent to an activating group) is 1. The molecule has 0 saturated heterocycles. The molecule has 9 heteroatoms. The lowest BCUT2D eigenvalue weighted by Gasteiger charge is -2.26. The number of allylic oxidation sites excluding steroid dienone is 20. The number of carbonyl (C=O) groups excluding carboxylic acids is 1. The van der Waals surface area contributed by atoms with E-state index in [0.29, 0.717) is 30.3 Å². The van der Waals surface area contributed by atoms with Crippen LogP contribution in [0.5, 0.6) is 0 Å². The van der Waals surface area contributed by atoms with Gasteiger partial charge in [0.05, 0.1) is 39.9 Å². The Morgan fingerprint density at radius 1 is 0.412 bits per heavy atom. The van der Waals surface area contributed by atoms with Crippen LogP contribution in [0.25, 0.3) is 0 Å². The summed E-state index contributed by atoms with van der Waals surface area (Å²) in [4.78, 5) is 23.4. The zero-order valence-electron chi connectivity index (χ0n) is 56.1. The van der Waals surface area contributed by atoms with E-state index < -0.39 is 20.0 Å². The van der Waals surface area contributed by atoms with Crippen LogP contribution in [0.4, 0.5) is 0 Å². The van der Waals surface area contributed by atoms with E-state index in [9.17, 15) is 19.4 Å². The molecule has 0 radical (unpaired) electrons. The summed E-state index contributed by atoms with van der Waals surface area (Å²) in [6.07, 6.45) is 97.4. The first kappa shape index (κ1) is 81.9. The lowest BCUT2D eigenvalue weighted by Crippen LogP contribution is -2.46. The smallest absolute Gasteiger partial charge is 0.391 e. The molecule has 85 heavy (non-hydrogen) atoms. The predicted octanol–water partition coefficient (Wildman–Crippen LogP) is 22.8. The minimum Gasteiger partial charge on any atom is -0.391 e. The molecule has 0 aliphatic heterocycles. The minimum atomic E-state index is -4.35. The molecular weight excluding hydrogens is 1070 g/mol. The molecule has 0 bridgehead atoms. The van der Waals surface area contributed by atoms with Crippen LogP contribution in [0.3, 0.4) is 0 Å². The van der Waals surface area contributed by atoms with Crippen LogP contribution < -0.4 is 5.32 Å². The fourth-order valence-electron chi connectivity index (χ4n) is 10.0. The van der Waals surface area contributed by atoms with Crippen molar-refractivity contribution in [3.8, 4) is 0 Å². The third-order valence-corrected chi connectivity index (χ3v) is 16.5. The summed E-state index contributed by atoms with van der Waals surface area (Å²) in [6.45, 7) is 4.76. The molecule has 0 saturated carbocycles. The molecule has 0 heterocycles. The Morgan fingerprint density at radius 3 is 1.01 bits per heavy atom. The number of aliphatic hydroxyl groups is 1. The Balaban J connectivity index is 4.18. The van der Waals surface area contributed by atoms with Crippen molar-refractivity contribution in [3.63, 3.8) is 0 Å². The third kappa shape index (κ3) is 68.3. The van der Waals surface area contributed by atoms with Crippen molar-refractivity contribution in [2.45, 2.75) is 315 Å². The topological polar surface area (TPSA) is 105 Å². The molecular formula is C76H136N2O6P+. The van der Waals surface area contributed by atoms with E-state index >= 15 is 0 Å². The maximum Gasteiger partial charge on any atom is 0.472 e. The zero-order chi connectivity index (χ0) is 61.9. The SMILES string of the molecule is CC/C=C\C/C=C\C/C=C\C/C=C\C/C=C\C/C=C\C/C=C\C/C=C\C/C=C\C/C=C\CCCCC(=O)NC(COP(=O)(O)OCC[N+](C)(C)C)C(O)CCCCCCCCCCCCCCCCCCCCCCCCCCCCCCCC. The summed E-state index contributed by atoms with van der Waals surface area (Å²) in [6, 6.07) is -0.796. The molecule has 8 nitrogen and oxygen atoms in total. The molecule has 3 unspecified atom stereocenters. The van der Waals surface area contributed by atoms with Crippen LogP contribution in [0, 0.1) is 0 Å². The Labute approximate surface area is 526 Å². The van der Waals surface area contributed by atoms with Gasteiger partial charge in [-0.1, -0.05) is 328 Å². The lowest BCUT2D eigenvalue weighted by atomic mass is 10.0. The summed E-state index contributed by atoms with van der Waals surface area (Å²) in [5.41, 5.74) is 0. The molecule has 0 aliphatic carbocycles. The van der Waals surface area contributed by atoms with Gasteiger partial charge in [0, 0.05) is 6.42 Å². The van der Waals surface area contributed by atoms with Gasteiger partial charge in [0.2, 0.25) is 5.91 Å². The van der Waals surface area contributed by atoms with E-state index in [0.717, 1.165) is 96.3 Å². The van der Waals surface area contributed by atoms with Crippen LogP contribution in [0.1, 0.15) is 303 Å². The van der Waals surface area contributed by atoms with Gasteiger partial charge in [0.25, 0.3) is 0 Å². The number of rotatable bonds is 64. The minimum absolute atomic E-state index is 0.0599. The average molecular weight is 1200 g/mol. The summed E-state index contributed by atoms with van der Waals surface area (Å²) in [5, 5.41) is 14.1. The maximum absolute atomic E-state index is 13.1. The third-order valence-electron chi connectivity index (χ3n) is 15.5. The van der Waals surface area contributed by atoms with Crippen molar-refractivity contribution >= 4 is 13.7 Å². The molecule has 0 spiro atoms. The van der Waals surface area contributed by atoms with E-state index in [1.165, 1.54) is 173 Å². The fourth-order valence-corrected chi connectivity index (χ4v) is 10.8. The first-order valence-electron chi connectivity index (χ1n) is 35.4. The van der Waals surface area contributed by atoms with Crippen LogP contribution in [0.15, 0.2) is 122 Å². The number of unbranched alkanes of at least 4 members (excludes halogenated alkanes) is 31. The van der Waals surface area contributed by atoms with E-state index in [4.69, 9.17) is 9.05 Å². The van der Waals surface area contributed by atoms with Crippen molar-refractivity contribution in [1.29, 1.82) is 0 Å². The number of carbonyl (C=O) groups is 1. The van der Waals surface area contributed by atoms with Gasteiger partial charge in [-0.25, -0.2) is 4.57 Å². The lowest BCUT2D eigenvalue weighted by molar-refractivity contribution is -0.870. The normalized spacial score (nSPS) is 14.4. The number of nitrogens with zero attached hydrogens (tertiary/aromatic N) is 1. The van der Waals surface area contributed by atoms with E-state index in [1.54, 1.807) is 0 Å². The Hall–Kier alpha value is -3.10. The van der Waals surface area contributed by atoms with E-state index in [-0.39, 0.29) is 19.1 Å². The second kappa shape index (κ2) is 65.3. The van der Waals surface area contributed by atoms with Gasteiger partial charge in [0.1, 0.15) is 13.2 Å². The number of quaternary nitrogens is 1. The number of phosphoric ester groups is 1. The molecule has 0 aromatic carbocycles. The highest BCUT2D eigenvalue weighted by Crippen LogP contribution is 2.43. The van der Waals surface area contributed by atoms with E-state index in [1.807, 2.05) is 21.1 Å². The number of nitrogens with one attached hydrogen (secondary N) is 1. The first-order valence-corrected chi connectivity index (χ1v) is 36.9. The van der Waals surface area contributed by atoms with Crippen LogP contribution in [0.2, 0.25) is 0 Å². The van der Waals surface area contributed by atoms with Crippen LogP contribution >= 0.6 is 7.82 Å². The summed E-state index contributed by atoms with van der Waals surface area (Å²) in [5.74, 6) is -0.188.